The van der Waals surface area contributed by atoms with Crippen molar-refractivity contribution in [2.45, 2.75) is 19.8 Å². The lowest BCUT2D eigenvalue weighted by Gasteiger charge is -2.12. The van der Waals surface area contributed by atoms with E-state index < -0.39 is 0 Å². The first-order valence-corrected chi connectivity index (χ1v) is 9.53. The molecule has 0 saturated carbocycles. The summed E-state index contributed by atoms with van der Waals surface area (Å²) in [6.07, 6.45) is 3.65. The molecule has 0 spiro atoms. The van der Waals surface area contributed by atoms with Crippen molar-refractivity contribution in [3.8, 4) is 5.75 Å². The van der Waals surface area contributed by atoms with E-state index in [9.17, 15) is 4.79 Å². The number of likely N-dealkylation sites (N-methyl/N-ethyl adjacent to an activating group) is 1. The highest BCUT2D eigenvalue weighted by Gasteiger charge is 2.17. The van der Waals surface area contributed by atoms with Gasteiger partial charge in [0.2, 0.25) is 0 Å². The van der Waals surface area contributed by atoms with E-state index in [1.807, 2.05) is 49.5 Å². The number of benzene rings is 2. The van der Waals surface area contributed by atoms with Gasteiger partial charge in [-0.2, -0.15) is 0 Å². The number of aromatic nitrogens is 1. The number of rotatable bonds is 6. The van der Waals surface area contributed by atoms with Crippen LogP contribution in [0.2, 0.25) is 0 Å². The molecule has 0 radical (unpaired) electrons. The Labute approximate surface area is 162 Å². The normalized spacial score (nSPS) is 11.3. The number of esters is 1. The fourth-order valence-corrected chi connectivity index (χ4v) is 3.76. The van der Waals surface area contributed by atoms with E-state index >= 15 is 0 Å². The second-order valence-electron chi connectivity index (χ2n) is 6.55. The molecule has 0 aliphatic heterocycles. The van der Waals surface area contributed by atoms with Gasteiger partial charge in [-0.3, -0.25) is 0 Å². The fourth-order valence-electron chi connectivity index (χ4n) is 3.11. The van der Waals surface area contributed by atoms with Crippen molar-refractivity contribution < 1.29 is 9.53 Å². The van der Waals surface area contributed by atoms with Crippen LogP contribution in [0.1, 0.15) is 28.4 Å². The van der Waals surface area contributed by atoms with Crippen LogP contribution >= 0.6 is 15.9 Å². The molecule has 0 fully saturated rings. The molecule has 0 atom stereocenters. The van der Waals surface area contributed by atoms with Gasteiger partial charge < -0.3 is 14.6 Å². The molecule has 136 valence electrons. The lowest BCUT2D eigenvalue weighted by Crippen LogP contribution is -2.15. The molecule has 3 aromatic rings. The maximum atomic E-state index is 12.8. The van der Waals surface area contributed by atoms with Crippen LogP contribution in [-0.4, -0.2) is 36.5 Å². The summed E-state index contributed by atoms with van der Waals surface area (Å²) in [5, 5.41) is 0.982. The van der Waals surface area contributed by atoms with Crippen molar-refractivity contribution in [2.24, 2.45) is 0 Å². The van der Waals surface area contributed by atoms with Crippen LogP contribution in [-0.2, 0) is 12.8 Å². The van der Waals surface area contributed by atoms with E-state index in [1.54, 1.807) is 0 Å². The number of carbonyl (C=O) groups is 1. The summed E-state index contributed by atoms with van der Waals surface area (Å²) < 4.78 is 6.76. The highest BCUT2D eigenvalue weighted by atomic mass is 79.9. The Balaban J connectivity index is 1.95. The van der Waals surface area contributed by atoms with Gasteiger partial charge in [0.05, 0.1) is 5.56 Å². The summed E-state index contributed by atoms with van der Waals surface area (Å²) in [6, 6.07) is 11.4. The third kappa shape index (κ3) is 3.84. The Hall–Kier alpha value is -2.11. The number of hydrogen-bond acceptors (Lipinski definition) is 3. The quantitative estimate of drug-likeness (QED) is 0.464. The van der Waals surface area contributed by atoms with Gasteiger partial charge in [0.25, 0.3) is 0 Å². The zero-order chi connectivity index (χ0) is 18.7. The smallest absolute Gasteiger partial charge is 0.343 e. The summed E-state index contributed by atoms with van der Waals surface area (Å²) in [4.78, 5) is 18.2. The highest BCUT2D eigenvalue weighted by molar-refractivity contribution is 9.10. The molecule has 1 aromatic heterocycles. The van der Waals surface area contributed by atoms with Gasteiger partial charge in [0, 0.05) is 28.1 Å². The molecule has 0 aliphatic carbocycles. The molecular weight excluding hydrogens is 392 g/mol. The molecule has 5 heteroatoms. The van der Waals surface area contributed by atoms with Gasteiger partial charge in [0.1, 0.15) is 5.75 Å². The first-order valence-electron chi connectivity index (χ1n) is 8.74. The van der Waals surface area contributed by atoms with Gasteiger partial charge >= 0.3 is 5.97 Å². The van der Waals surface area contributed by atoms with Crippen molar-refractivity contribution in [1.82, 2.24) is 9.88 Å². The molecular formula is C21H23BrN2O2. The highest BCUT2D eigenvalue weighted by Crippen LogP contribution is 2.30. The first kappa shape index (κ1) is 18.7. The monoisotopic (exact) mass is 414 g/mol. The number of halogens is 1. The lowest BCUT2D eigenvalue weighted by molar-refractivity contribution is 0.0736. The summed E-state index contributed by atoms with van der Waals surface area (Å²) in [5.74, 6) is 0.278. The predicted molar refractivity (Wildman–Crippen MR) is 109 cm³/mol. The van der Waals surface area contributed by atoms with E-state index in [1.165, 1.54) is 0 Å². The number of nitrogens with one attached hydrogen (secondary N) is 1. The molecule has 0 aliphatic rings. The van der Waals surface area contributed by atoms with Crippen LogP contribution in [0.5, 0.6) is 5.75 Å². The summed E-state index contributed by atoms with van der Waals surface area (Å²) >= 11 is 3.52. The third-order valence-corrected chi connectivity index (χ3v) is 5.22. The first-order chi connectivity index (χ1) is 12.5. The molecule has 0 saturated heterocycles. The average molecular weight is 415 g/mol. The minimum Gasteiger partial charge on any atom is -0.422 e. The second kappa shape index (κ2) is 8.06. The van der Waals surface area contributed by atoms with Crippen LogP contribution in [0.15, 0.2) is 47.1 Å². The van der Waals surface area contributed by atoms with Crippen LogP contribution in [0.4, 0.5) is 0 Å². The third-order valence-electron chi connectivity index (χ3n) is 4.47. The minimum atomic E-state index is -0.324. The zero-order valence-electron chi connectivity index (χ0n) is 15.3. The number of nitrogens with zero attached hydrogens (tertiary/aromatic N) is 1. The van der Waals surface area contributed by atoms with E-state index in [0.29, 0.717) is 11.3 Å². The number of H-pyrrole nitrogens is 1. The van der Waals surface area contributed by atoms with Crippen molar-refractivity contribution in [2.75, 3.05) is 20.6 Å². The summed E-state index contributed by atoms with van der Waals surface area (Å²) in [5.41, 5.74) is 3.70. The molecule has 0 bridgehead atoms. The summed E-state index contributed by atoms with van der Waals surface area (Å²) in [6.45, 7) is 2.96. The molecule has 26 heavy (non-hydrogen) atoms. The number of ether oxygens (including phenoxy) is 1. The molecule has 2 aromatic carbocycles. The van der Waals surface area contributed by atoms with Crippen molar-refractivity contribution >= 4 is 32.8 Å². The number of carbonyl (C=O) groups excluding carboxylic acids is 1. The number of hydrogen-bond donors (Lipinski definition) is 1. The second-order valence-corrected chi connectivity index (χ2v) is 7.41. The Bertz CT molecular complexity index is 931. The van der Waals surface area contributed by atoms with Gasteiger partial charge in [-0.05, 0) is 62.3 Å². The molecule has 1 heterocycles. The van der Waals surface area contributed by atoms with E-state index in [4.69, 9.17) is 4.74 Å². The Morgan fingerprint density at radius 1 is 1.19 bits per heavy atom. The molecule has 0 amide bonds. The average Bonchev–Trinajstić information content (AvgIpc) is 3.04. The minimum absolute atomic E-state index is 0.324. The van der Waals surface area contributed by atoms with Crippen molar-refractivity contribution in [3.05, 3.63) is 63.8 Å². The Morgan fingerprint density at radius 3 is 2.69 bits per heavy atom. The summed E-state index contributed by atoms with van der Waals surface area (Å²) in [7, 11) is 4.10. The fraction of sp³-hybridized carbons (Fsp3) is 0.286. The predicted octanol–water partition coefficient (Wildman–Crippen LogP) is 4.82. The number of fused-ring (bicyclic) bond motifs is 1. The molecule has 1 N–H and O–H groups in total. The lowest BCUT2D eigenvalue weighted by atomic mass is 10.1. The van der Waals surface area contributed by atoms with Gasteiger partial charge in [-0.1, -0.05) is 35.0 Å². The van der Waals surface area contributed by atoms with E-state index in [2.05, 4.69) is 39.9 Å². The maximum absolute atomic E-state index is 12.8. The van der Waals surface area contributed by atoms with Crippen molar-refractivity contribution in [1.29, 1.82) is 0 Å². The SMILES string of the molecule is CCc1c(Br)cccc1C(=O)Oc1cccc2[nH]cc(CCN(C)C)c12. The standard InChI is InChI=1S/C21H23BrN2O2/c1-4-15-16(7-5-8-17(15)22)21(25)26-19-10-6-9-18-20(19)14(13-23-18)11-12-24(2)3/h5-10,13,23H,4,11-12H2,1-3H3. The molecule has 4 nitrogen and oxygen atoms in total. The molecule has 0 unspecified atom stereocenters. The van der Waals surface area contributed by atoms with Gasteiger partial charge in [-0.25, -0.2) is 4.79 Å². The maximum Gasteiger partial charge on any atom is 0.343 e. The van der Waals surface area contributed by atoms with Crippen LogP contribution in [0, 0.1) is 0 Å². The van der Waals surface area contributed by atoms with E-state index in [-0.39, 0.29) is 5.97 Å². The van der Waals surface area contributed by atoms with Crippen LogP contribution in [0.3, 0.4) is 0 Å². The van der Waals surface area contributed by atoms with Gasteiger partial charge in [0.15, 0.2) is 0 Å². The Kier molecular flexibility index (Phi) is 5.79. The van der Waals surface area contributed by atoms with Crippen LogP contribution in [0.25, 0.3) is 10.9 Å². The zero-order valence-corrected chi connectivity index (χ0v) is 16.9. The van der Waals surface area contributed by atoms with Gasteiger partial charge in [-0.15, -0.1) is 0 Å². The topological polar surface area (TPSA) is 45.3 Å². The largest absolute Gasteiger partial charge is 0.422 e. The van der Waals surface area contributed by atoms with Crippen LogP contribution < -0.4 is 4.74 Å². The Morgan fingerprint density at radius 2 is 1.96 bits per heavy atom. The number of aromatic amines is 1. The van der Waals surface area contributed by atoms with E-state index in [0.717, 1.165) is 45.9 Å². The molecule has 3 rings (SSSR count). The van der Waals surface area contributed by atoms with Crippen molar-refractivity contribution in [3.63, 3.8) is 0 Å².